The highest BCUT2D eigenvalue weighted by molar-refractivity contribution is 6.03. The van der Waals surface area contributed by atoms with E-state index >= 15 is 0 Å². The summed E-state index contributed by atoms with van der Waals surface area (Å²) in [5, 5.41) is 23.8. The van der Waals surface area contributed by atoms with Gasteiger partial charge >= 0.3 is 0 Å². The predicted octanol–water partition coefficient (Wildman–Crippen LogP) is 5.39. The second-order valence-corrected chi connectivity index (χ2v) is 8.01. The number of fused-ring (bicyclic) bond motifs is 2. The summed E-state index contributed by atoms with van der Waals surface area (Å²) in [5.41, 5.74) is 2.78. The molecule has 0 aliphatic carbocycles. The van der Waals surface area contributed by atoms with Gasteiger partial charge in [0.1, 0.15) is 0 Å². The van der Waals surface area contributed by atoms with Crippen LogP contribution in [0.25, 0.3) is 32.7 Å². The zero-order valence-electron chi connectivity index (χ0n) is 18.4. The molecular formula is C28H22N2O4. The highest BCUT2D eigenvalue weighted by atomic mass is 16.5. The van der Waals surface area contributed by atoms with Crippen molar-refractivity contribution in [2.24, 2.45) is 4.99 Å². The molecule has 0 aliphatic rings. The van der Waals surface area contributed by atoms with Gasteiger partial charge in [-0.25, -0.2) is 0 Å². The van der Waals surface area contributed by atoms with Gasteiger partial charge in [-0.1, -0.05) is 48.5 Å². The quantitative estimate of drug-likeness (QED) is 0.313. The van der Waals surface area contributed by atoms with Gasteiger partial charge in [-0.05, 0) is 57.8 Å². The van der Waals surface area contributed by atoms with Gasteiger partial charge in [-0.15, -0.1) is 0 Å². The second-order valence-electron chi connectivity index (χ2n) is 8.01. The first-order chi connectivity index (χ1) is 16.5. The van der Waals surface area contributed by atoms with E-state index in [9.17, 15) is 15.0 Å². The number of nitrogens with zero attached hydrogens (tertiary/aromatic N) is 1. The molecule has 6 nitrogen and oxygen atoms in total. The topological polar surface area (TPSA) is 94.9 Å². The molecule has 0 unspecified atom stereocenters. The number of phenols is 1. The Labute approximate surface area is 195 Å². The fourth-order valence-corrected chi connectivity index (χ4v) is 4.09. The van der Waals surface area contributed by atoms with Crippen molar-refractivity contribution in [2.45, 2.75) is 6.54 Å². The number of nitrogens with one attached hydrogen (secondary N) is 1. The van der Waals surface area contributed by atoms with Gasteiger partial charge in [0.25, 0.3) is 5.56 Å². The zero-order chi connectivity index (χ0) is 23.7. The number of benzene rings is 4. The maximum absolute atomic E-state index is 12.5. The summed E-state index contributed by atoms with van der Waals surface area (Å²) < 4.78 is 5.06. The average Bonchev–Trinajstić information content (AvgIpc) is 2.85. The van der Waals surface area contributed by atoms with E-state index in [2.05, 4.69) is 34.2 Å². The molecule has 0 aliphatic heterocycles. The number of aromatic nitrogens is 1. The second kappa shape index (κ2) is 8.75. The van der Waals surface area contributed by atoms with E-state index in [1.54, 1.807) is 30.5 Å². The number of aromatic hydroxyl groups is 2. The van der Waals surface area contributed by atoms with Gasteiger partial charge < -0.3 is 14.9 Å². The summed E-state index contributed by atoms with van der Waals surface area (Å²) in [7, 11) is 1.49. The summed E-state index contributed by atoms with van der Waals surface area (Å²) >= 11 is 0. The minimum atomic E-state index is -0.366. The Bertz CT molecular complexity index is 1620. The van der Waals surface area contributed by atoms with Crippen molar-refractivity contribution >= 4 is 27.8 Å². The molecule has 0 radical (unpaired) electrons. The lowest BCUT2D eigenvalue weighted by Crippen LogP contribution is -2.08. The maximum atomic E-state index is 12.5. The van der Waals surface area contributed by atoms with Crippen molar-refractivity contribution in [3.05, 3.63) is 100 Å². The van der Waals surface area contributed by atoms with Crippen LogP contribution in [-0.2, 0) is 6.54 Å². The summed E-state index contributed by atoms with van der Waals surface area (Å²) in [4.78, 5) is 19.4. The van der Waals surface area contributed by atoms with Gasteiger partial charge in [0, 0.05) is 17.0 Å². The molecular weight excluding hydrogens is 428 g/mol. The molecule has 5 rings (SSSR count). The number of ether oxygens (including phenoxy) is 1. The molecule has 6 heteroatoms. The Hall–Kier alpha value is -4.58. The normalized spacial score (nSPS) is 11.4. The number of methoxy groups -OCH3 is 1. The Kier molecular flexibility index (Phi) is 5.47. The summed E-state index contributed by atoms with van der Waals surface area (Å²) in [6.45, 7) is 0.280. The first kappa shape index (κ1) is 21.3. The smallest absolute Gasteiger partial charge is 0.258 e. The van der Waals surface area contributed by atoms with Crippen molar-refractivity contribution in [1.29, 1.82) is 0 Å². The van der Waals surface area contributed by atoms with Gasteiger partial charge in [-0.2, -0.15) is 0 Å². The van der Waals surface area contributed by atoms with Gasteiger partial charge in [0.2, 0.25) is 5.88 Å². The van der Waals surface area contributed by atoms with Crippen molar-refractivity contribution in [3.63, 3.8) is 0 Å². The van der Waals surface area contributed by atoms with Crippen LogP contribution in [0.2, 0.25) is 0 Å². The van der Waals surface area contributed by atoms with Crippen LogP contribution in [0.4, 0.5) is 0 Å². The fourth-order valence-electron chi connectivity index (χ4n) is 4.09. The summed E-state index contributed by atoms with van der Waals surface area (Å²) in [6, 6.07) is 25.0. The molecule has 34 heavy (non-hydrogen) atoms. The molecule has 0 atom stereocenters. The van der Waals surface area contributed by atoms with E-state index in [4.69, 9.17) is 4.74 Å². The first-order valence-electron chi connectivity index (χ1n) is 10.8. The number of rotatable bonds is 5. The van der Waals surface area contributed by atoms with E-state index in [0.717, 1.165) is 27.5 Å². The Morgan fingerprint density at radius 2 is 1.65 bits per heavy atom. The molecule has 4 aromatic carbocycles. The maximum Gasteiger partial charge on any atom is 0.258 e. The van der Waals surface area contributed by atoms with E-state index in [0.29, 0.717) is 22.1 Å². The molecule has 5 aromatic rings. The average molecular weight is 450 g/mol. The standard InChI is InChI=1S/C28H22N2O4/c1-34-26-11-6-17(12-25(26)31)15-29-16-24-23-14-21(9-10-22(23)27(32)30-28(24)33)20-8-7-18-4-2-3-5-19(18)13-20/h2-14,16,31H,15H2,1H3,(H2,30,32,33). The molecule has 3 N–H and O–H groups in total. The van der Waals surface area contributed by atoms with Gasteiger partial charge in [0.15, 0.2) is 11.5 Å². The number of phenolic OH excluding ortho intramolecular Hbond substituents is 1. The number of aromatic amines is 1. The van der Waals surface area contributed by atoms with E-state index < -0.39 is 0 Å². The first-order valence-corrected chi connectivity index (χ1v) is 10.8. The highest BCUT2D eigenvalue weighted by Gasteiger charge is 2.11. The highest BCUT2D eigenvalue weighted by Crippen LogP contribution is 2.30. The van der Waals surface area contributed by atoms with E-state index in [1.807, 2.05) is 30.3 Å². The molecule has 1 aromatic heterocycles. The third-order valence-electron chi connectivity index (χ3n) is 5.86. The van der Waals surface area contributed by atoms with Crippen molar-refractivity contribution in [1.82, 2.24) is 4.98 Å². The molecule has 1 heterocycles. The summed E-state index contributed by atoms with van der Waals surface area (Å²) in [5.74, 6) is 0.181. The Morgan fingerprint density at radius 3 is 2.44 bits per heavy atom. The number of H-pyrrole nitrogens is 1. The van der Waals surface area contributed by atoms with E-state index in [-0.39, 0.29) is 23.7 Å². The molecule has 0 saturated heterocycles. The third kappa shape index (κ3) is 3.97. The van der Waals surface area contributed by atoms with Crippen LogP contribution < -0.4 is 10.3 Å². The van der Waals surface area contributed by atoms with Crippen LogP contribution in [0.5, 0.6) is 17.4 Å². The van der Waals surface area contributed by atoms with Crippen LogP contribution in [0.1, 0.15) is 11.1 Å². The molecule has 0 amide bonds. The van der Waals surface area contributed by atoms with Crippen LogP contribution in [-0.4, -0.2) is 28.5 Å². The lowest BCUT2D eigenvalue weighted by Gasteiger charge is -2.09. The van der Waals surface area contributed by atoms with Crippen LogP contribution in [0.15, 0.2) is 88.6 Å². The lowest BCUT2D eigenvalue weighted by molar-refractivity contribution is 0.373. The minimum Gasteiger partial charge on any atom is -0.504 e. The van der Waals surface area contributed by atoms with E-state index in [1.165, 1.54) is 7.11 Å². The summed E-state index contributed by atoms with van der Waals surface area (Å²) in [6.07, 6.45) is 1.54. The molecule has 168 valence electrons. The number of hydrogen-bond acceptors (Lipinski definition) is 5. The Balaban J connectivity index is 1.55. The van der Waals surface area contributed by atoms with Crippen LogP contribution >= 0.6 is 0 Å². The van der Waals surface area contributed by atoms with Gasteiger partial charge in [0.05, 0.1) is 19.2 Å². The lowest BCUT2D eigenvalue weighted by atomic mass is 9.97. The van der Waals surface area contributed by atoms with Crippen molar-refractivity contribution in [3.8, 4) is 28.5 Å². The number of aliphatic imine (C=N–C) groups is 1. The SMILES string of the molecule is COc1ccc(CN=Cc2c(O)[nH]c(=O)c3ccc(-c4ccc5ccccc5c4)cc23)cc1O. The molecule has 0 spiro atoms. The van der Waals surface area contributed by atoms with Crippen LogP contribution in [0.3, 0.4) is 0 Å². The number of pyridine rings is 1. The van der Waals surface area contributed by atoms with Gasteiger partial charge in [-0.3, -0.25) is 14.8 Å². The Morgan fingerprint density at radius 1 is 0.882 bits per heavy atom. The molecule has 0 bridgehead atoms. The monoisotopic (exact) mass is 450 g/mol. The predicted molar refractivity (Wildman–Crippen MR) is 135 cm³/mol. The number of hydrogen-bond donors (Lipinski definition) is 3. The third-order valence-corrected chi connectivity index (χ3v) is 5.86. The molecule has 0 saturated carbocycles. The minimum absolute atomic E-state index is 0.0348. The van der Waals surface area contributed by atoms with Crippen molar-refractivity contribution < 1.29 is 14.9 Å². The molecule has 0 fully saturated rings. The fraction of sp³-hybridized carbons (Fsp3) is 0.0714. The largest absolute Gasteiger partial charge is 0.504 e. The van der Waals surface area contributed by atoms with Crippen molar-refractivity contribution in [2.75, 3.05) is 7.11 Å². The van der Waals surface area contributed by atoms with Crippen LogP contribution in [0, 0.1) is 0 Å². The zero-order valence-corrected chi connectivity index (χ0v) is 18.4.